The van der Waals surface area contributed by atoms with Crippen molar-refractivity contribution < 1.29 is 23.8 Å². The summed E-state index contributed by atoms with van der Waals surface area (Å²) in [5.74, 6) is 0.939. The Morgan fingerprint density at radius 2 is 2.00 bits per heavy atom. The number of ether oxygens (including phenoxy) is 3. The van der Waals surface area contributed by atoms with Gasteiger partial charge in [0.25, 0.3) is 5.91 Å². The molecular weight excluding hydrogens is 374 g/mol. The van der Waals surface area contributed by atoms with Crippen LogP contribution in [0.15, 0.2) is 42.6 Å². The number of rotatable bonds is 11. The van der Waals surface area contributed by atoms with E-state index in [2.05, 4.69) is 15.6 Å². The number of carbonyl (C=O) groups excluding carboxylic acids is 2. The van der Waals surface area contributed by atoms with Gasteiger partial charge < -0.3 is 24.8 Å². The second-order valence-corrected chi connectivity index (χ2v) is 6.70. The first-order valence-corrected chi connectivity index (χ1v) is 9.51. The second-order valence-electron chi connectivity index (χ2n) is 6.70. The maximum absolute atomic E-state index is 12.0. The largest absolute Gasteiger partial charge is 0.484 e. The maximum Gasteiger partial charge on any atom is 0.258 e. The SMILES string of the molecule is COCCOc1ccc(CNC(=O)COc2cccc(NC(=O)C3CC3)c2)cn1. The van der Waals surface area contributed by atoms with Crippen LogP contribution in [-0.4, -0.2) is 43.7 Å². The molecule has 1 aliphatic carbocycles. The topological polar surface area (TPSA) is 98.8 Å². The van der Waals surface area contributed by atoms with Crippen LogP contribution >= 0.6 is 0 Å². The Morgan fingerprint density at radius 3 is 2.72 bits per heavy atom. The number of carbonyl (C=O) groups is 2. The smallest absolute Gasteiger partial charge is 0.258 e. The predicted molar refractivity (Wildman–Crippen MR) is 107 cm³/mol. The summed E-state index contributed by atoms with van der Waals surface area (Å²) >= 11 is 0. The molecule has 2 amide bonds. The number of aromatic nitrogens is 1. The van der Waals surface area contributed by atoms with Crippen LogP contribution in [0.1, 0.15) is 18.4 Å². The normalized spacial score (nSPS) is 12.9. The van der Waals surface area contributed by atoms with Crippen molar-refractivity contribution in [1.82, 2.24) is 10.3 Å². The summed E-state index contributed by atoms with van der Waals surface area (Å²) in [5.41, 5.74) is 1.51. The van der Waals surface area contributed by atoms with Crippen molar-refractivity contribution in [3.8, 4) is 11.6 Å². The Kier molecular flexibility index (Phi) is 7.40. The summed E-state index contributed by atoms with van der Waals surface area (Å²) in [7, 11) is 1.61. The van der Waals surface area contributed by atoms with Gasteiger partial charge in [0.2, 0.25) is 11.8 Å². The van der Waals surface area contributed by atoms with E-state index in [9.17, 15) is 9.59 Å². The van der Waals surface area contributed by atoms with E-state index in [1.807, 2.05) is 6.07 Å². The average molecular weight is 399 g/mol. The first kappa shape index (κ1) is 20.6. The summed E-state index contributed by atoms with van der Waals surface area (Å²) in [5, 5.41) is 5.63. The van der Waals surface area contributed by atoms with Crippen LogP contribution in [0.25, 0.3) is 0 Å². The molecule has 0 saturated heterocycles. The number of nitrogens with zero attached hydrogens (tertiary/aromatic N) is 1. The van der Waals surface area contributed by atoms with Crippen LogP contribution in [0.3, 0.4) is 0 Å². The standard InChI is InChI=1S/C21H25N3O5/c1-27-9-10-28-20-8-5-15(13-23-20)12-22-19(25)14-29-18-4-2-3-17(11-18)24-21(26)16-6-7-16/h2-5,8,11,13,16H,6-7,9-10,12,14H2,1H3,(H,22,25)(H,24,26). The summed E-state index contributed by atoms with van der Waals surface area (Å²) in [6.45, 7) is 1.15. The summed E-state index contributed by atoms with van der Waals surface area (Å²) in [6.07, 6.45) is 3.54. The number of methoxy groups -OCH3 is 1. The molecule has 1 aliphatic rings. The van der Waals surface area contributed by atoms with Gasteiger partial charge >= 0.3 is 0 Å². The Labute approximate surface area is 169 Å². The molecular formula is C21H25N3O5. The van der Waals surface area contributed by atoms with E-state index in [1.54, 1.807) is 43.6 Å². The number of anilines is 1. The van der Waals surface area contributed by atoms with E-state index < -0.39 is 0 Å². The minimum Gasteiger partial charge on any atom is -0.484 e. The van der Waals surface area contributed by atoms with Crippen molar-refractivity contribution in [2.24, 2.45) is 5.92 Å². The molecule has 0 atom stereocenters. The van der Waals surface area contributed by atoms with Crippen molar-refractivity contribution in [1.29, 1.82) is 0 Å². The molecule has 2 N–H and O–H groups in total. The highest BCUT2D eigenvalue weighted by atomic mass is 16.5. The fourth-order valence-corrected chi connectivity index (χ4v) is 2.48. The van der Waals surface area contributed by atoms with Crippen molar-refractivity contribution in [2.75, 3.05) is 32.2 Å². The van der Waals surface area contributed by atoms with Gasteiger partial charge in [0.15, 0.2) is 6.61 Å². The molecule has 1 saturated carbocycles. The Bertz CT molecular complexity index is 821. The van der Waals surface area contributed by atoms with Gasteiger partial charge in [0.05, 0.1) is 6.61 Å². The van der Waals surface area contributed by atoms with Crippen molar-refractivity contribution in [3.63, 3.8) is 0 Å². The van der Waals surface area contributed by atoms with E-state index in [-0.39, 0.29) is 24.3 Å². The van der Waals surface area contributed by atoms with Gasteiger partial charge in [-0.15, -0.1) is 0 Å². The molecule has 2 aromatic rings. The molecule has 8 heteroatoms. The van der Waals surface area contributed by atoms with E-state index in [1.165, 1.54) is 0 Å². The van der Waals surface area contributed by atoms with Crippen molar-refractivity contribution >= 4 is 17.5 Å². The van der Waals surface area contributed by atoms with Crippen LogP contribution in [0.4, 0.5) is 5.69 Å². The molecule has 1 aromatic carbocycles. The fourth-order valence-electron chi connectivity index (χ4n) is 2.48. The zero-order valence-electron chi connectivity index (χ0n) is 16.3. The van der Waals surface area contributed by atoms with Gasteiger partial charge in [-0.1, -0.05) is 12.1 Å². The fraction of sp³-hybridized carbons (Fsp3) is 0.381. The molecule has 0 bridgehead atoms. The van der Waals surface area contributed by atoms with Gasteiger partial charge in [0, 0.05) is 43.6 Å². The Balaban J connectivity index is 1.39. The predicted octanol–water partition coefficient (Wildman–Crippen LogP) is 2.15. The van der Waals surface area contributed by atoms with Gasteiger partial charge in [-0.25, -0.2) is 4.98 Å². The number of hydrogen-bond acceptors (Lipinski definition) is 6. The third kappa shape index (κ3) is 7.08. The lowest BCUT2D eigenvalue weighted by Gasteiger charge is -2.10. The number of nitrogens with one attached hydrogen (secondary N) is 2. The number of pyridine rings is 1. The highest BCUT2D eigenvalue weighted by Crippen LogP contribution is 2.30. The van der Waals surface area contributed by atoms with Gasteiger partial charge in [-0.05, 0) is 30.5 Å². The highest BCUT2D eigenvalue weighted by Gasteiger charge is 2.29. The summed E-state index contributed by atoms with van der Waals surface area (Å²) in [4.78, 5) is 28.0. The number of hydrogen-bond donors (Lipinski definition) is 2. The lowest BCUT2D eigenvalue weighted by atomic mass is 10.3. The molecule has 0 spiro atoms. The molecule has 0 aliphatic heterocycles. The van der Waals surface area contributed by atoms with E-state index in [0.29, 0.717) is 37.1 Å². The van der Waals surface area contributed by atoms with Crippen LogP contribution in [-0.2, 0) is 20.9 Å². The van der Waals surface area contributed by atoms with Crippen LogP contribution in [0, 0.1) is 5.92 Å². The Morgan fingerprint density at radius 1 is 1.14 bits per heavy atom. The van der Waals surface area contributed by atoms with E-state index in [4.69, 9.17) is 14.2 Å². The zero-order chi connectivity index (χ0) is 20.5. The van der Waals surface area contributed by atoms with Crippen molar-refractivity contribution in [3.05, 3.63) is 48.2 Å². The van der Waals surface area contributed by atoms with Gasteiger partial charge in [-0.3, -0.25) is 9.59 Å². The quantitative estimate of drug-likeness (QED) is 0.562. The van der Waals surface area contributed by atoms with Crippen molar-refractivity contribution in [2.45, 2.75) is 19.4 Å². The monoisotopic (exact) mass is 399 g/mol. The molecule has 29 heavy (non-hydrogen) atoms. The minimum atomic E-state index is -0.252. The summed E-state index contributed by atoms with van der Waals surface area (Å²) in [6, 6.07) is 10.6. The van der Waals surface area contributed by atoms with E-state index in [0.717, 1.165) is 18.4 Å². The third-order valence-electron chi connectivity index (χ3n) is 4.24. The zero-order valence-corrected chi connectivity index (χ0v) is 16.3. The summed E-state index contributed by atoms with van der Waals surface area (Å²) < 4.78 is 15.8. The van der Waals surface area contributed by atoms with Gasteiger partial charge in [-0.2, -0.15) is 0 Å². The third-order valence-corrected chi connectivity index (χ3v) is 4.24. The molecule has 3 rings (SSSR count). The van der Waals surface area contributed by atoms with Crippen LogP contribution in [0.5, 0.6) is 11.6 Å². The highest BCUT2D eigenvalue weighted by molar-refractivity contribution is 5.94. The molecule has 1 fully saturated rings. The lowest BCUT2D eigenvalue weighted by Crippen LogP contribution is -2.28. The first-order valence-electron chi connectivity index (χ1n) is 9.51. The molecule has 1 aromatic heterocycles. The minimum absolute atomic E-state index is 0.0311. The second kappa shape index (κ2) is 10.4. The molecule has 0 radical (unpaired) electrons. The Hall–Kier alpha value is -3.13. The first-order chi connectivity index (χ1) is 14.1. The molecule has 154 valence electrons. The van der Waals surface area contributed by atoms with Crippen LogP contribution < -0.4 is 20.1 Å². The number of benzene rings is 1. The molecule has 8 nitrogen and oxygen atoms in total. The van der Waals surface area contributed by atoms with E-state index >= 15 is 0 Å². The molecule has 0 unspecified atom stereocenters. The lowest BCUT2D eigenvalue weighted by molar-refractivity contribution is -0.123. The average Bonchev–Trinajstić information content (AvgIpc) is 3.58. The van der Waals surface area contributed by atoms with Gasteiger partial charge in [0.1, 0.15) is 12.4 Å². The van der Waals surface area contributed by atoms with Crippen LogP contribution in [0.2, 0.25) is 0 Å². The maximum atomic E-state index is 12.0. The number of amides is 2. The molecule has 1 heterocycles.